The van der Waals surface area contributed by atoms with Gasteiger partial charge in [-0.1, -0.05) is 12.1 Å². The number of ether oxygens (including phenoxy) is 1. The van der Waals surface area contributed by atoms with Crippen molar-refractivity contribution in [2.45, 2.75) is 12.1 Å². The van der Waals surface area contributed by atoms with Gasteiger partial charge in [0.2, 0.25) is 0 Å². The van der Waals surface area contributed by atoms with Crippen molar-refractivity contribution in [2.75, 3.05) is 18.1 Å². The van der Waals surface area contributed by atoms with Crippen LogP contribution in [0.5, 0.6) is 0 Å². The van der Waals surface area contributed by atoms with E-state index in [9.17, 15) is 4.39 Å². The van der Waals surface area contributed by atoms with E-state index >= 15 is 0 Å². The zero-order valence-electron chi connectivity index (χ0n) is 9.16. The third-order valence-electron chi connectivity index (χ3n) is 2.71. The average Bonchev–Trinajstić information content (AvgIpc) is 2.37. The molecule has 0 spiro atoms. The first-order chi connectivity index (χ1) is 8.24. The van der Waals surface area contributed by atoms with Crippen molar-refractivity contribution in [3.05, 3.63) is 34.1 Å². The number of benzene rings is 1. The maximum absolute atomic E-state index is 14.0. The van der Waals surface area contributed by atoms with Crippen LogP contribution < -0.4 is 11.3 Å². The molecular formula is C11H14BrFN2OS. The first-order valence-corrected chi connectivity index (χ1v) is 7.28. The van der Waals surface area contributed by atoms with Gasteiger partial charge in [0.1, 0.15) is 5.82 Å². The van der Waals surface area contributed by atoms with Crippen molar-refractivity contribution in [3.8, 4) is 0 Å². The normalized spacial score (nSPS) is 22.4. The van der Waals surface area contributed by atoms with Gasteiger partial charge in [0.25, 0.3) is 0 Å². The number of nitrogens with two attached hydrogens (primary N) is 1. The van der Waals surface area contributed by atoms with Gasteiger partial charge in [0.05, 0.1) is 23.2 Å². The summed E-state index contributed by atoms with van der Waals surface area (Å²) in [4.78, 5) is 0. The molecule has 6 heteroatoms. The molecule has 2 atom stereocenters. The van der Waals surface area contributed by atoms with Gasteiger partial charge in [-0.2, -0.15) is 11.8 Å². The van der Waals surface area contributed by atoms with Gasteiger partial charge in [-0.3, -0.25) is 11.3 Å². The number of hydrazine groups is 1. The van der Waals surface area contributed by atoms with Gasteiger partial charge in [-0.15, -0.1) is 0 Å². The van der Waals surface area contributed by atoms with Crippen LogP contribution in [-0.4, -0.2) is 24.2 Å². The van der Waals surface area contributed by atoms with Gasteiger partial charge < -0.3 is 4.74 Å². The van der Waals surface area contributed by atoms with Crippen LogP contribution >= 0.6 is 27.7 Å². The molecule has 3 N–H and O–H groups in total. The maximum atomic E-state index is 14.0. The minimum atomic E-state index is -0.319. The lowest BCUT2D eigenvalue weighted by Crippen LogP contribution is -2.41. The summed E-state index contributed by atoms with van der Waals surface area (Å²) in [6, 6.07) is 4.87. The van der Waals surface area contributed by atoms with E-state index in [1.165, 1.54) is 0 Å². The maximum Gasteiger partial charge on any atom is 0.142 e. The van der Waals surface area contributed by atoms with E-state index in [4.69, 9.17) is 10.6 Å². The predicted molar refractivity (Wildman–Crippen MR) is 71.2 cm³/mol. The highest BCUT2D eigenvalue weighted by atomic mass is 79.9. The Morgan fingerprint density at radius 2 is 2.41 bits per heavy atom. The van der Waals surface area contributed by atoms with Crippen LogP contribution in [0.2, 0.25) is 0 Å². The zero-order chi connectivity index (χ0) is 12.3. The van der Waals surface area contributed by atoms with Gasteiger partial charge in [-0.25, -0.2) is 4.39 Å². The fourth-order valence-electron chi connectivity index (χ4n) is 1.86. The van der Waals surface area contributed by atoms with Crippen LogP contribution in [0.15, 0.2) is 22.7 Å². The molecule has 1 saturated heterocycles. The summed E-state index contributed by atoms with van der Waals surface area (Å²) >= 11 is 4.97. The lowest BCUT2D eigenvalue weighted by molar-refractivity contribution is 0.0458. The third kappa shape index (κ3) is 3.00. The molecule has 0 amide bonds. The van der Waals surface area contributed by atoms with Crippen molar-refractivity contribution in [1.29, 1.82) is 0 Å². The Kier molecular flexibility index (Phi) is 4.81. The second kappa shape index (κ2) is 6.15. The van der Waals surface area contributed by atoms with Gasteiger partial charge in [0, 0.05) is 17.1 Å². The Bertz CT molecular complexity index is 388. The zero-order valence-corrected chi connectivity index (χ0v) is 11.6. The second-order valence-electron chi connectivity index (χ2n) is 3.77. The van der Waals surface area contributed by atoms with Crippen LogP contribution in [0.25, 0.3) is 0 Å². The summed E-state index contributed by atoms with van der Waals surface area (Å²) in [5.74, 6) is 7.05. The quantitative estimate of drug-likeness (QED) is 0.662. The van der Waals surface area contributed by atoms with Crippen LogP contribution in [-0.2, 0) is 4.74 Å². The molecule has 2 rings (SSSR count). The molecule has 1 heterocycles. The predicted octanol–water partition coefficient (Wildman–Crippen LogP) is 2.22. The molecule has 1 aromatic carbocycles. The topological polar surface area (TPSA) is 47.3 Å². The van der Waals surface area contributed by atoms with E-state index < -0.39 is 0 Å². The summed E-state index contributed by atoms with van der Waals surface area (Å²) < 4.78 is 20.1. The summed E-state index contributed by atoms with van der Waals surface area (Å²) in [5, 5.41) is 0. The Hall–Kier alpha value is -0.140. The van der Waals surface area contributed by atoms with Gasteiger partial charge in [0.15, 0.2) is 0 Å². The number of rotatable bonds is 3. The number of thioether (sulfide) groups is 1. The molecule has 0 aliphatic carbocycles. The molecule has 0 aromatic heterocycles. The minimum absolute atomic E-state index is 0.0949. The molecule has 0 saturated carbocycles. The van der Waals surface area contributed by atoms with Crippen LogP contribution in [0.1, 0.15) is 11.6 Å². The highest BCUT2D eigenvalue weighted by Crippen LogP contribution is 2.29. The third-order valence-corrected chi connectivity index (χ3v) is 4.34. The highest BCUT2D eigenvalue weighted by molar-refractivity contribution is 9.10. The van der Waals surface area contributed by atoms with Crippen LogP contribution in [0.3, 0.4) is 0 Å². The van der Waals surface area contributed by atoms with Crippen LogP contribution in [0, 0.1) is 5.82 Å². The molecule has 1 aliphatic heterocycles. The van der Waals surface area contributed by atoms with Crippen molar-refractivity contribution in [1.82, 2.24) is 5.43 Å². The van der Waals surface area contributed by atoms with Crippen molar-refractivity contribution < 1.29 is 9.13 Å². The fourth-order valence-corrected chi connectivity index (χ4v) is 3.14. The lowest BCUT2D eigenvalue weighted by atomic mass is 10.0. The first-order valence-electron chi connectivity index (χ1n) is 5.33. The molecule has 1 fully saturated rings. The van der Waals surface area contributed by atoms with Crippen molar-refractivity contribution >= 4 is 27.7 Å². The Labute approximate surface area is 112 Å². The number of nitrogens with one attached hydrogen (secondary N) is 1. The van der Waals surface area contributed by atoms with E-state index in [1.54, 1.807) is 30.0 Å². The second-order valence-corrected chi connectivity index (χ2v) is 5.78. The average molecular weight is 321 g/mol. The van der Waals surface area contributed by atoms with Crippen molar-refractivity contribution in [2.24, 2.45) is 5.84 Å². The van der Waals surface area contributed by atoms with E-state index in [2.05, 4.69) is 21.4 Å². The highest BCUT2D eigenvalue weighted by Gasteiger charge is 2.28. The molecule has 94 valence electrons. The van der Waals surface area contributed by atoms with Crippen LogP contribution in [0.4, 0.5) is 4.39 Å². The number of halogens is 2. The lowest BCUT2D eigenvalue weighted by Gasteiger charge is -2.30. The van der Waals surface area contributed by atoms with E-state index in [-0.39, 0.29) is 18.0 Å². The Morgan fingerprint density at radius 3 is 3.06 bits per heavy atom. The fraction of sp³-hybridized carbons (Fsp3) is 0.455. The largest absolute Gasteiger partial charge is 0.374 e. The number of hydrogen-bond donors (Lipinski definition) is 2. The summed E-state index contributed by atoms with van der Waals surface area (Å²) in [7, 11) is 0. The molecule has 17 heavy (non-hydrogen) atoms. The Morgan fingerprint density at radius 1 is 1.59 bits per heavy atom. The summed E-state index contributed by atoms with van der Waals surface area (Å²) in [6.07, 6.45) is -0.0949. The van der Waals surface area contributed by atoms with E-state index in [0.717, 1.165) is 11.5 Å². The SMILES string of the molecule is NNC(c1cccc(Br)c1F)C1CSCCO1. The first kappa shape index (κ1) is 13.3. The molecule has 3 nitrogen and oxygen atoms in total. The standard InChI is InChI=1S/C11H14BrFN2OS/c12-8-3-1-2-7(10(8)13)11(15-14)9-6-17-5-4-16-9/h1-3,9,11,15H,4-6,14H2. The molecule has 0 radical (unpaired) electrons. The summed E-state index contributed by atoms with van der Waals surface area (Å²) in [6.45, 7) is 0.684. The summed E-state index contributed by atoms with van der Waals surface area (Å²) in [5.41, 5.74) is 3.19. The number of hydrogen-bond acceptors (Lipinski definition) is 4. The molecule has 0 bridgehead atoms. The van der Waals surface area contributed by atoms with Gasteiger partial charge in [-0.05, 0) is 22.0 Å². The van der Waals surface area contributed by atoms with Crippen molar-refractivity contribution in [3.63, 3.8) is 0 Å². The molecule has 2 unspecified atom stereocenters. The molecular weight excluding hydrogens is 307 g/mol. The Balaban J connectivity index is 2.24. The van der Waals surface area contributed by atoms with Gasteiger partial charge >= 0.3 is 0 Å². The smallest absolute Gasteiger partial charge is 0.142 e. The minimum Gasteiger partial charge on any atom is -0.374 e. The monoisotopic (exact) mass is 320 g/mol. The molecule has 1 aliphatic rings. The molecule has 1 aromatic rings. The van der Waals surface area contributed by atoms with E-state index in [0.29, 0.717) is 16.6 Å². The van der Waals surface area contributed by atoms with E-state index in [1.807, 2.05) is 0 Å².